The van der Waals surface area contributed by atoms with Gasteiger partial charge in [-0.2, -0.15) is 0 Å². The number of nitrogens with one attached hydrogen (secondary N) is 1. The number of hydrogen-bond acceptors (Lipinski definition) is 3. The summed E-state index contributed by atoms with van der Waals surface area (Å²) in [4.78, 5) is 1.07. The molecule has 0 amide bonds. The van der Waals surface area contributed by atoms with Gasteiger partial charge in [0.2, 0.25) is 0 Å². The molecule has 0 saturated carbocycles. The van der Waals surface area contributed by atoms with Crippen LogP contribution in [0.3, 0.4) is 0 Å². The summed E-state index contributed by atoms with van der Waals surface area (Å²) in [6, 6.07) is 16.3. The number of thiophene rings is 1. The summed E-state index contributed by atoms with van der Waals surface area (Å²) in [6.45, 7) is 1.70. The quantitative estimate of drug-likeness (QED) is 0.694. The van der Waals surface area contributed by atoms with E-state index in [0.29, 0.717) is 16.3 Å². The van der Waals surface area contributed by atoms with E-state index in [-0.39, 0.29) is 4.90 Å². The zero-order chi connectivity index (χ0) is 16.4. The summed E-state index contributed by atoms with van der Waals surface area (Å²) >= 11 is 7.53. The van der Waals surface area contributed by atoms with Crippen molar-refractivity contribution >= 4 is 38.6 Å². The highest BCUT2D eigenvalue weighted by Gasteiger charge is 2.20. The molecule has 3 aromatic rings. The van der Waals surface area contributed by atoms with E-state index in [1.165, 1.54) is 11.3 Å². The van der Waals surface area contributed by atoms with Crippen LogP contribution in [0.15, 0.2) is 64.9 Å². The molecule has 6 heteroatoms. The van der Waals surface area contributed by atoms with Gasteiger partial charge in [0.05, 0.1) is 15.5 Å². The van der Waals surface area contributed by atoms with Gasteiger partial charge in [0.15, 0.2) is 0 Å². The molecule has 0 saturated heterocycles. The van der Waals surface area contributed by atoms with Crippen molar-refractivity contribution in [3.05, 3.63) is 70.6 Å². The van der Waals surface area contributed by atoms with Crippen molar-refractivity contribution in [1.82, 2.24) is 0 Å². The van der Waals surface area contributed by atoms with Crippen LogP contribution in [0.1, 0.15) is 5.56 Å². The minimum Gasteiger partial charge on any atom is -0.278 e. The van der Waals surface area contributed by atoms with Gasteiger partial charge < -0.3 is 0 Å². The zero-order valence-electron chi connectivity index (χ0n) is 12.3. The smallest absolute Gasteiger partial charge is 0.262 e. The predicted molar refractivity (Wildman–Crippen MR) is 96.8 cm³/mol. The number of hydrogen-bond donors (Lipinski definition) is 1. The molecule has 0 fully saturated rings. The third kappa shape index (κ3) is 3.27. The van der Waals surface area contributed by atoms with E-state index >= 15 is 0 Å². The van der Waals surface area contributed by atoms with Crippen LogP contribution in [0.2, 0.25) is 5.02 Å². The number of benzene rings is 2. The van der Waals surface area contributed by atoms with E-state index in [4.69, 9.17) is 11.6 Å². The van der Waals surface area contributed by atoms with Crippen LogP contribution in [0.5, 0.6) is 0 Å². The SMILES string of the molecule is Cc1c(Cl)cccc1S(=O)(=O)Nc1ccsc1-c1ccccc1. The fourth-order valence-corrected chi connectivity index (χ4v) is 4.78. The van der Waals surface area contributed by atoms with Gasteiger partial charge in [-0.25, -0.2) is 8.42 Å². The van der Waals surface area contributed by atoms with E-state index in [0.717, 1.165) is 10.4 Å². The second-order valence-electron chi connectivity index (χ2n) is 5.00. The molecule has 118 valence electrons. The lowest BCUT2D eigenvalue weighted by molar-refractivity contribution is 0.600. The number of halogens is 1. The van der Waals surface area contributed by atoms with Gasteiger partial charge in [0.1, 0.15) is 0 Å². The Morgan fingerprint density at radius 2 is 1.74 bits per heavy atom. The summed E-state index contributed by atoms with van der Waals surface area (Å²) in [5.74, 6) is 0. The van der Waals surface area contributed by atoms with Gasteiger partial charge in [0, 0.05) is 5.02 Å². The molecule has 0 aliphatic rings. The molecule has 0 bridgehead atoms. The van der Waals surface area contributed by atoms with Gasteiger partial charge in [-0.05, 0) is 41.6 Å². The first-order chi connectivity index (χ1) is 11.0. The molecule has 3 rings (SSSR count). The maximum absolute atomic E-state index is 12.7. The van der Waals surface area contributed by atoms with E-state index in [9.17, 15) is 8.42 Å². The Morgan fingerprint density at radius 1 is 1.00 bits per heavy atom. The minimum atomic E-state index is -3.69. The van der Waals surface area contributed by atoms with Gasteiger partial charge in [-0.1, -0.05) is 48.0 Å². The standard InChI is InChI=1S/C17H14ClNO2S2/c1-12-14(18)8-5-9-16(12)23(20,21)19-15-10-11-22-17(15)13-6-3-2-4-7-13/h2-11,19H,1H3. The highest BCUT2D eigenvalue weighted by atomic mass is 35.5. The number of sulfonamides is 1. The van der Waals surface area contributed by atoms with Crippen LogP contribution < -0.4 is 4.72 Å². The highest BCUT2D eigenvalue weighted by molar-refractivity contribution is 7.92. The predicted octanol–water partition coefficient (Wildman–Crippen LogP) is 5.18. The first-order valence-corrected chi connectivity index (χ1v) is 9.64. The number of anilines is 1. The Kier molecular flexibility index (Phi) is 4.43. The van der Waals surface area contributed by atoms with Crippen molar-refractivity contribution in [2.75, 3.05) is 4.72 Å². The van der Waals surface area contributed by atoms with Crippen molar-refractivity contribution in [3.63, 3.8) is 0 Å². The lowest BCUT2D eigenvalue weighted by atomic mass is 10.2. The Hall–Kier alpha value is -1.82. The monoisotopic (exact) mass is 363 g/mol. The third-order valence-electron chi connectivity index (χ3n) is 3.45. The lowest BCUT2D eigenvalue weighted by Crippen LogP contribution is -2.14. The van der Waals surface area contributed by atoms with Crippen LogP contribution in [-0.2, 0) is 10.0 Å². The first-order valence-electron chi connectivity index (χ1n) is 6.90. The molecular formula is C17H14ClNO2S2. The second kappa shape index (κ2) is 6.35. The van der Waals surface area contributed by atoms with E-state index in [1.807, 2.05) is 35.7 Å². The maximum atomic E-state index is 12.7. The van der Waals surface area contributed by atoms with Crippen molar-refractivity contribution in [2.45, 2.75) is 11.8 Å². The summed E-state index contributed by atoms with van der Waals surface area (Å²) in [5, 5.41) is 2.30. The maximum Gasteiger partial charge on any atom is 0.262 e. The van der Waals surface area contributed by atoms with Crippen LogP contribution in [0, 0.1) is 6.92 Å². The topological polar surface area (TPSA) is 46.2 Å². The summed E-state index contributed by atoms with van der Waals surface area (Å²) in [5.41, 5.74) is 2.08. The van der Waals surface area contributed by atoms with Crippen molar-refractivity contribution < 1.29 is 8.42 Å². The Bertz CT molecular complexity index is 934. The molecule has 0 aliphatic carbocycles. The number of rotatable bonds is 4. The molecule has 3 nitrogen and oxygen atoms in total. The Balaban J connectivity index is 2.00. The van der Waals surface area contributed by atoms with Crippen LogP contribution in [0.4, 0.5) is 5.69 Å². The fraction of sp³-hybridized carbons (Fsp3) is 0.0588. The summed E-state index contributed by atoms with van der Waals surface area (Å²) in [7, 11) is -3.69. The third-order valence-corrected chi connectivity index (χ3v) is 6.34. The Morgan fingerprint density at radius 3 is 2.48 bits per heavy atom. The van der Waals surface area contributed by atoms with Crippen molar-refractivity contribution in [3.8, 4) is 10.4 Å². The molecule has 23 heavy (non-hydrogen) atoms. The molecule has 0 radical (unpaired) electrons. The highest BCUT2D eigenvalue weighted by Crippen LogP contribution is 2.35. The van der Waals surface area contributed by atoms with Crippen molar-refractivity contribution in [1.29, 1.82) is 0 Å². The fourth-order valence-electron chi connectivity index (χ4n) is 2.28. The van der Waals surface area contributed by atoms with E-state index in [1.54, 1.807) is 31.2 Å². The average molecular weight is 364 g/mol. The van der Waals surface area contributed by atoms with Crippen molar-refractivity contribution in [2.24, 2.45) is 0 Å². The normalized spacial score (nSPS) is 11.4. The summed E-state index contributed by atoms with van der Waals surface area (Å²) in [6.07, 6.45) is 0. The molecule has 1 heterocycles. The molecule has 1 aromatic heterocycles. The van der Waals surface area contributed by atoms with Crippen LogP contribution in [0.25, 0.3) is 10.4 Å². The summed E-state index contributed by atoms with van der Waals surface area (Å²) < 4.78 is 28.1. The first kappa shape index (κ1) is 16.1. The molecule has 2 aromatic carbocycles. The zero-order valence-corrected chi connectivity index (χ0v) is 14.7. The second-order valence-corrected chi connectivity index (χ2v) is 7.97. The molecule has 0 aliphatic heterocycles. The van der Waals surface area contributed by atoms with Gasteiger partial charge >= 0.3 is 0 Å². The van der Waals surface area contributed by atoms with E-state index < -0.39 is 10.0 Å². The van der Waals surface area contributed by atoms with Gasteiger partial charge in [-0.15, -0.1) is 11.3 Å². The minimum absolute atomic E-state index is 0.190. The van der Waals surface area contributed by atoms with Crippen LogP contribution >= 0.6 is 22.9 Å². The average Bonchev–Trinajstić information content (AvgIpc) is 2.98. The molecule has 0 atom stereocenters. The van der Waals surface area contributed by atoms with Crippen LogP contribution in [-0.4, -0.2) is 8.42 Å². The lowest BCUT2D eigenvalue weighted by Gasteiger charge is -2.12. The van der Waals surface area contributed by atoms with E-state index in [2.05, 4.69) is 4.72 Å². The molecule has 1 N–H and O–H groups in total. The Labute approximate surface area is 144 Å². The molecule has 0 spiro atoms. The van der Waals surface area contributed by atoms with Gasteiger partial charge in [-0.3, -0.25) is 4.72 Å². The van der Waals surface area contributed by atoms with Gasteiger partial charge in [0.25, 0.3) is 10.0 Å². The largest absolute Gasteiger partial charge is 0.278 e. The molecule has 0 unspecified atom stereocenters. The molecular weight excluding hydrogens is 350 g/mol.